The van der Waals surface area contributed by atoms with Gasteiger partial charge in [0.05, 0.1) is 0 Å². The molecule has 1 unspecified atom stereocenters. The van der Waals surface area contributed by atoms with E-state index in [2.05, 4.69) is 29.3 Å². The Morgan fingerprint density at radius 3 is 2.84 bits per heavy atom. The molecule has 1 atom stereocenters. The second-order valence-corrected chi connectivity index (χ2v) is 7.02. The minimum Gasteiger partial charge on any atom is -0.489 e. The van der Waals surface area contributed by atoms with Crippen LogP contribution in [0, 0.1) is 0 Å². The van der Waals surface area contributed by atoms with E-state index in [9.17, 15) is 0 Å². The molecule has 0 aromatic heterocycles. The van der Waals surface area contributed by atoms with E-state index in [1.807, 2.05) is 36.4 Å². The fourth-order valence-corrected chi connectivity index (χ4v) is 3.67. The van der Waals surface area contributed by atoms with Crippen LogP contribution in [0.15, 0.2) is 48.5 Å². The zero-order chi connectivity index (χ0) is 17.5. The summed E-state index contributed by atoms with van der Waals surface area (Å²) in [5.41, 5.74) is 2.28. The average molecular weight is 359 g/mol. The topological polar surface area (TPSA) is 24.5 Å². The minimum atomic E-state index is 0.571. The highest BCUT2D eigenvalue weighted by Crippen LogP contribution is 2.24. The molecule has 1 aliphatic rings. The molecule has 0 aliphatic carbocycles. The normalized spacial score (nSPS) is 17.8. The number of halogens is 1. The van der Waals surface area contributed by atoms with E-state index in [1.54, 1.807) is 0 Å². The Morgan fingerprint density at radius 2 is 2.04 bits per heavy atom. The summed E-state index contributed by atoms with van der Waals surface area (Å²) in [5.74, 6) is 0.902. The van der Waals surface area contributed by atoms with Crippen molar-refractivity contribution in [3.8, 4) is 5.75 Å². The van der Waals surface area contributed by atoms with Crippen molar-refractivity contribution in [1.29, 1.82) is 0 Å². The summed E-state index contributed by atoms with van der Waals surface area (Å²) < 4.78 is 6.03. The molecule has 1 N–H and O–H groups in total. The van der Waals surface area contributed by atoms with E-state index in [1.165, 1.54) is 24.9 Å². The first kappa shape index (κ1) is 18.2. The van der Waals surface area contributed by atoms with Gasteiger partial charge in [0, 0.05) is 29.7 Å². The lowest BCUT2D eigenvalue weighted by atomic mass is 10.1. The molecule has 4 heteroatoms. The van der Waals surface area contributed by atoms with E-state index >= 15 is 0 Å². The van der Waals surface area contributed by atoms with Crippen LogP contribution in [-0.4, -0.2) is 30.6 Å². The van der Waals surface area contributed by atoms with Crippen molar-refractivity contribution < 1.29 is 4.74 Å². The third-order valence-electron chi connectivity index (χ3n) is 4.86. The SMILES string of the molecule is CCN1CCCC1CNCc1cc(Cl)ccc1OCc1ccccc1. The highest BCUT2D eigenvalue weighted by molar-refractivity contribution is 6.30. The van der Waals surface area contributed by atoms with Crippen LogP contribution in [0.4, 0.5) is 0 Å². The highest BCUT2D eigenvalue weighted by Gasteiger charge is 2.22. The second kappa shape index (κ2) is 9.23. The van der Waals surface area contributed by atoms with Gasteiger partial charge in [-0.25, -0.2) is 0 Å². The summed E-state index contributed by atoms with van der Waals surface area (Å²) >= 11 is 6.19. The van der Waals surface area contributed by atoms with Crippen LogP contribution in [0.1, 0.15) is 30.9 Å². The van der Waals surface area contributed by atoms with Gasteiger partial charge in [0.15, 0.2) is 0 Å². The fourth-order valence-electron chi connectivity index (χ4n) is 3.48. The van der Waals surface area contributed by atoms with E-state index < -0.39 is 0 Å². The van der Waals surface area contributed by atoms with Crippen LogP contribution < -0.4 is 10.1 Å². The maximum absolute atomic E-state index is 6.19. The Kier molecular flexibility index (Phi) is 6.74. The molecule has 0 radical (unpaired) electrons. The summed E-state index contributed by atoms with van der Waals surface area (Å²) in [6.07, 6.45) is 2.59. The molecule has 2 aromatic rings. The number of hydrogen-bond acceptors (Lipinski definition) is 3. The number of likely N-dealkylation sites (N-methyl/N-ethyl adjacent to an activating group) is 1. The molecule has 0 bridgehead atoms. The van der Waals surface area contributed by atoms with Gasteiger partial charge in [0.1, 0.15) is 12.4 Å². The number of nitrogens with one attached hydrogen (secondary N) is 1. The van der Waals surface area contributed by atoms with E-state index in [0.29, 0.717) is 12.6 Å². The lowest BCUT2D eigenvalue weighted by molar-refractivity contribution is 0.259. The summed E-state index contributed by atoms with van der Waals surface area (Å²) in [6, 6.07) is 16.7. The van der Waals surface area contributed by atoms with Crippen LogP contribution >= 0.6 is 11.6 Å². The lowest BCUT2D eigenvalue weighted by Gasteiger charge is -2.23. The summed E-state index contributed by atoms with van der Waals surface area (Å²) in [5, 5.41) is 4.34. The van der Waals surface area contributed by atoms with Gasteiger partial charge in [-0.05, 0) is 49.7 Å². The Hall–Kier alpha value is -1.55. The maximum Gasteiger partial charge on any atom is 0.124 e. The van der Waals surface area contributed by atoms with Crippen LogP contribution in [0.25, 0.3) is 0 Å². The standard InChI is InChI=1S/C21H27ClN2O/c1-2-24-12-6-9-20(24)15-23-14-18-13-19(22)10-11-21(18)25-16-17-7-4-3-5-8-17/h3-5,7-8,10-11,13,20,23H,2,6,9,12,14-16H2,1H3. The van der Waals surface area contributed by atoms with Gasteiger partial charge in [-0.3, -0.25) is 4.90 Å². The molecule has 0 amide bonds. The monoisotopic (exact) mass is 358 g/mol. The lowest BCUT2D eigenvalue weighted by Crippen LogP contribution is -2.37. The van der Waals surface area contributed by atoms with Crippen molar-refractivity contribution in [2.75, 3.05) is 19.6 Å². The van der Waals surface area contributed by atoms with Crippen molar-refractivity contribution >= 4 is 11.6 Å². The smallest absolute Gasteiger partial charge is 0.124 e. The number of hydrogen-bond donors (Lipinski definition) is 1. The third-order valence-corrected chi connectivity index (χ3v) is 5.10. The minimum absolute atomic E-state index is 0.571. The number of benzene rings is 2. The Bertz CT molecular complexity index is 662. The Balaban J connectivity index is 1.57. The quantitative estimate of drug-likeness (QED) is 0.752. The van der Waals surface area contributed by atoms with Gasteiger partial charge in [-0.1, -0.05) is 48.9 Å². The van der Waals surface area contributed by atoms with Gasteiger partial charge in [-0.15, -0.1) is 0 Å². The number of rotatable bonds is 8. The predicted molar refractivity (Wildman–Crippen MR) is 104 cm³/mol. The van der Waals surface area contributed by atoms with Gasteiger partial charge < -0.3 is 10.1 Å². The van der Waals surface area contributed by atoms with Crippen LogP contribution in [-0.2, 0) is 13.2 Å². The van der Waals surface area contributed by atoms with Gasteiger partial charge >= 0.3 is 0 Å². The summed E-state index contributed by atoms with van der Waals surface area (Å²) in [4.78, 5) is 2.55. The average Bonchev–Trinajstić information content (AvgIpc) is 3.09. The van der Waals surface area contributed by atoms with Crippen molar-refractivity contribution in [1.82, 2.24) is 10.2 Å². The second-order valence-electron chi connectivity index (χ2n) is 6.58. The molecule has 1 aliphatic heterocycles. The van der Waals surface area contributed by atoms with Crippen molar-refractivity contribution in [3.63, 3.8) is 0 Å². The van der Waals surface area contributed by atoms with Crippen molar-refractivity contribution in [2.24, 2.45) is 0 Å². The Morgan fingerprint density at radius 1 is 1.20 bits per heavy atom. The molecule has 1 fully saturated rings. The molecule has 0 spiro atoms. The number of nitrogens with zero attached hydrogens (tertiary/aromatic N) is 1. The molecular weight excluding hydrogens is 332 g/mol. The maximum atomic E-state index is 6.19. The van der Waals surface area contributed by atoms with Crippen LogP contribution in [0.5, 0.6) is 5.75 Å². The zero-order valence-corrected chi connectivity index (χ0v) is 15.6. The fraction of sp³-hybridized carbons (Fsp3) is 0.429. The van der Waals surface area contributed by atoms with Crippen molar-refractivity contribution in [3.05, 3.63) is 64.7 Å². The molecule has 1 saturated heterocycles. The predicted octanol–water partition coefficient (Wildman–Crippen LogP) is 4.49. The number of likely N-dealkylation sites (tertiary alicyclic amines) is 1. The Labute approximate surface area is 155 Å². The number of ether oxygens (including phenoxy) is 1. The van der Waals surface area contributed by atoms with Gasteiger partial charge in [0.25, 0.3) is 0 Å². The van der Waals surface area contributed by atoms with E-state index in [4.69, 9.17) is 16.3 Å². The molecule has 25 heavy (non-hydrogen) atoms. The van der Waals surface area contributed by atoms with Crippen LogP contribution in [0.3, 0.4) is 0 Å². The van der Waals surface area contributed by atoms with Gasteiger partial charge in [0.2, 0.25) is 0 Å². The molecule has 1 heterocycles. The van der Waals surface area contributed by atoms with Gasteiger partial charge in [-0.2, -0.15) is 0 Å². The summed E-state index contributed by atoms with van der Waals surface area (Å²) in [6.45, 7) is 6.96. The third kappa shape index (κ3) is 5.21. The first-order chi connectivity index (χ1) is 12.3. The molecule has 3 nitrogen and oxygen atoms in total. The summed E-state index contributed by atoms with van der Waals surface area (Å²) in [7, 11) is 0. The van der Waals surface area contributed by atoms with E-state index in [-0.39, 0.29) is 0 Å². The first-order valence-electron chi connectivity index (χ1n) is 9.16. The molecule has 0 saturated carbocycles. The zero-order valence-electron chi connectivity index (χ0n) is 14.9. The molecule has 134 valence electrons. The van der Waals surface area contributed by atoms with Crippen LogP contribution in [0.2, 0.25) is 5.02 Å². The highest BCUT2D eigenvalue weighted by atomic mass is 35.5. The van der Waals surface area contributed by atoms with E-state index in [0.717, 1.165) is 36.0 Å². The molecule has 2 aromatic carbocycles. The molecule has 3 rings (SSSR count). The first-order valence-corrected chi connectivity index (χ1v) is 9.54. The molecular formula is C21H27ClN2O. The van der Waals surface area contributed by atoms with Crippen molar-refractivity contribution in [2.45, 2.75) is 39.0 Å². The largest absolute Gasteiger partial charge is 0.489 e.